The maximum atomic E-state index is 3.73. The summed E-state index contributed by atoms with van der Waals surface area (Å²) in [6.45, 7) is 6.59. The molecular weight excluding hydrogens is 292 g/mol. The van der Waals surface area contributed by atoms with Crippen LogP contribution in [0.2, 0.25) is 0 Å². The van der Waals surface area contributed by atoms with E-state index in [2.05, 4.69) is 76.9 Å². The second-order valence-electron chi connectivity index (χ2n) is 4.19. The molecule has 0 nitrogen and oxygen atoms in total. The monoisotopic (exact) mass is 304 g/mol. The molecule has 0 spiro atoms. The minimum Gasteiger partial charge on any atom is -0.0668 e. The van der Waals surface area contributed by atoms with Crippen LogP contribution in [-0.2, 0) is 3.23 Å². The number of halogens is 2. The average molecular weight is 306 g/mol. The molecule has 1 rings (SSSR count). The first-order valence-corrected chi connectivity index (χ1v) is 5.87. The van der Waals surface area contributed by atoms with Crippen molar-refractivity contribution in [2.24, 2.45) is 5.41 Å². The van der Waals surface area contributed by atoms with Crippen LogP contribution in [0.25, 0.3) is 0 Å². The van der Waals surface area contributed by atoms with Crippen LogP contribution in [0.3, 0.4) is 0 Å². The smallest absolute Gasteiger partial charge is 0.0668 e. The lowest BCUT2D eigenvalue weighted by atomic mass is 9.88. The van der Waals surface area contributed by atoms with E-state index in [9.17, 15) is 0 Å². The van der Waals surface area contributed by atoms with E-state index in [0.29, 0.717) is 0 Å². The lowest BCUT2D eigenvalue weighted by Crippen LogP contribution is -2.27. The van der Waals surface area contributed by atoms with Crippen molar-refractivity contribution in [2.45, 2.75) is 24.0 Å². The highest BCUT2D eigenvalue weighted by atomic mass is 79.9. The van der Waals surface area contributed by atoms with E-state index in [0.717, 1.165) is 0 Å². The molecule has 0 fully saturated rings. The van der Waals surface area contributed by atoms with Crippen LogP contribution in [0, 0.1) is 5.41 Å². The molecule has 13 heavy (non-hydrogen) atoms. The summed E-state index contributed by atoms with van der Waals surface area (Å²) in [7, 11) is 0. The first kappa shape index (κ1) is 11.3. The topological polar surface area (TPSA) is 0 Å². The lowest BCUT2D eigenvalue weighted by molar-refractivity contribution is 0.385. The highest BCUT2D eigenvalue weighted by Crippen LogP contribution is 2.51. The highest BCUT2D eigenvalue weighted by Gasteiger charge is 2.38. The third kappa shape index (κ3) is 2.35. The number of alkyl halides is 2. The van der Waals surface area contributed by atoms with Gasteiger partial charge in [0.05, 0.1) is 0 Å². The maximum Gasteiger partial charge on any atom is 0.110 e. The molecule has 0 atom stereocenters. The van der Waals surface area contributed by atoms with Gasteiger partial charge in [-0.25, -0.2) is 0 Å². The molecule has 0 bridgehead atoms. The van der Waals surface area contributed by atoms with Crippen molar-refractivity contribution in [2.75, 3.05) is 0 Å². The Hall–Kier alpha value is 0.180. The molecule has 0 aromatic heterocycles. The van der Waals surface area contributed by atoms with Gasteiger partial charge in [-0.05, 0) is 11.0 Å². The van der Waals surface area contributed by atoms with Crippen molar-refractivity contribution < 1.29 is 0 Å². The van der Waals surface area contributed by atoms with Gasteiger partial charge >= 0.3 is 0 Å². The molecule has 0 radical (unpaired) electrons. The number of benzene rings is 1. The fourth-order valence-corrected chi connectivity index (χ4v) is 1.61. The Morgan fingerprint density at radius 2 is 1.38 bits per heavy atom. The molecule has 72 valence electrons. The van der Waals surface area contributed by atoms with Crippen molar-refractivity contribution in [3.05, 3.63) is 35.9 Å². The van der Waals surface area contributed by atoms with Gasteiger partial charge in [-0.2, -0.15) is 0 Å². The van der Waals surface area contributed by atoms with E-state index in [1.807, 2.05) is 6.07 Å². The Bertz CT molecular complexity index is 270. The summed E-state index contributed by atoms with van der Waals surface area (Å²) >= 11 is 7.45. The van der Waals surface area contributed by atoms with E-state index >= 15 is 0 Å². The summed E-state index contributed by atoms with van der Waals surface area (Å²) in [5.74, 6) is 0. The molecule has 0 heterocycles. The van der Waals surface area contributed by atoms with Gasteiger partial charge in [-0.3, -0.25) is 0 Å². The Balaban J connectivity index is 3.08. The molecule has 0 aliphatic heterocycles. The van der Waals surface area contributed by atoms with E-state index in [-0.39, 0.29) is 8.65 Å². The van der Waals surface area contributed by atoms with Gasteiger partial charge in [0.2, 0.25) is 0 Å². The molecule has 0 saturated carbocycles. The minimum absolute atomic E-state index is 0.133. The van der Waals surface area contributed by atoms with E-state index < -0.39 is 0 Å². The molecule has 0 aliphatic carbocycles. The Kier molecular flexibility index (Phi) is 3.24. The van der Waals surface area contributed by atoms with Crippen molar-refractivity contribution in [1.29, 1.82) is 0 Å². The van der Waals surface area contributed by atoms with E-state index in [1.54, 1.807) is 0 Å². The standard InChI is InChI=1S/C11H14Br2/c1-10(2,3)11(12,13)9-7-5-4-6-8-9/h4-8H,1-3H3. The van der Waals surface area contributed by atoms with Crippen molar-refractivity contribution in [3.63, 3.8) is 0 Å². The summed E-state index contributed by atoms with van der Waals surface area (Å²) in [6, 6.07) is 10.4. The first-order valence-electron chi connectivity index (χ1n) is 4.29. The van der Waals surface area contributed by atoms with Gasteiger partial charge in [0, 0.05) is 0 Å². The highest BCUT2D eigenvalue weighted by molar-refractivity contribution is 9.24. The average Bonchev–Trinajstić information content (AvgIpc) is 2.04. The van der Waals surface area contributed by atoms with Gasteiger partial charge in [-0.1, -0.05) is 83.0 Å². The molecule has 0 aliphatic rings. The first-order chi connectivity index (χ1) is 5.86. The van der Waals surface area contributed by atoms with E-state index in [4.69, 9.17) is 0 Å². The summed E-state index contributed by atoms with van der Waals surface area (Å²) in [5, 5.41) is 0. The quantitative estimate of drug-likeness (QED) is 0.661. The third-order valence-electron chi connectivity index (χ3n) is 2.08. The SMILES string of the molecule is CC(C)(C)C(Br)(Br)c1ccccc1. The number of hydrogen-bond donors (Lipinski definition) is 0. The predicted octanol–water partition coefficient (Wildman–Crippen LogP) is 4.68. The Morgan fingerprint density at radius 3 is 1.77 bits per heavy atom. The second-order valence-corrected chi connectivity index (χ2v) is 7.63. The van der Waals surface area contributed by atoms with Crippen molar-refractivity contribution in [3.8, 4) is 0 Å². The van der Waals surface area contributed by atoms with Gasteiger partial charge in [-0.15, -0.1) is 0 Å². The molecule has 0 amide bonds. The van der Waals surface area contributed by atoms with Crippen LogP contribution >= 0.6 is 31.9 Å². The Labute approximate surface area is 97.0 Å². The number of hydrogen-bond acceptors (Lipinski definition) is 0. The molecule has 0 N–H and O–H groups in total. The lowest BCUT2D eigenvalue weighted by Gasteiger charge is -2.35. The zero-order valence-corrected chi connectivity index (χ0v) is 11.3. The van der Waals surface area contributed by atoms with Gasteiger partial charge in [0.25, 0.3) is 0 Å². The van der Waals surface area contributed by atoms with Crippen molar-refractivity contribution in [1.82, 2.24) is 0 Å². The van der Waals surface area contributed by atoms with Crippen LogP contribution in [0.4, 0.5) is 0 Å². The summed E-state index contributed by atoms with van der Waals surface area (Å²) < 4.78 is -0.145. The fraction of sp³-hybridized carbons (Fsp3) is 0.455. The van der Waals surface area contributed by atoms with Crippen LogP contribution in [-0.4, -0.2) is 0 Å². The summed E-state index contributed by atoms with van der Waals surface area (Å²) in [5.41, 5.74) is 1.39. The zero-order chi connectivity index (χ0) is 10.1. The van der Waals surface area contributed by atoms with Gasteiger partial charge in [0.15, 0.2) is 0 Å². The molecule has 2 heteroatoms. The molecule has 0 saturated heterocycles. The third-order valence-corrected chi connectivity index (χ3v) is 5.37. The molecule has 1 aromatic carbocycles. The fourth-order valence-electron chi connectivity index (χ4n) is 1.08. The predicted molar refractivity (Wildman–Crippen MR) is 65.4 cm³/mol. The summed E-state index contributed by atoms with van der Waals surface area (Å²) in [6.07, 6.45) is 0. The zero-order valence-electron chi connectivity index (χ0n) is 8.14. The minimum atomic E-state index is -0.145. The normalized spacial score (nSPS) is 13.0. The van der Waals surface area contributed by atoms with Crippen LogP contribution in [0.15, 0.2) is 30.3 Å². The second kappa shape index (κ2) is 3.74. The van der Waals surface area contributed by atoms with Gasteiger partial charge in [0.1, 0.15) is 3.23 Å². The summed E-state index contributed by atoms with van der Waals surface area (Å²) in [4.78, 5) is 0. The van der Waals surface area contributed by atoms with Crippen LogP contribution < -0.4 is 0 Å². The van der Waals surface area contributed by atoms with Crippen LogP contribution in [0.1, 0.15) is 26.3 Å². The molecule has 0 unspecified atom stereocenters. The van der Waals surface area contributed by atoms with Gasteiger partial charge < -0.3 is 0 Å². The largest absolute Gasteiger partial charge is 0.110 e. The van der Waals surface area contributed by atoms with Crippen molar-refractivity contribution >= 4 is 31.9 Å². The maximum absolute atomic E-state index is 3.73. The Morgan fingerprint density at radius 1 is 0.923 bits per heavy atom. The number of rotatable bonds is 1. The molecule has 1 aromatic rings. The van der Waals surface area contributed by atoms with Crippen LogP contribution in [0.5, 0.6) is 0 Å². The van der Waals surface area contributed by atoms with E-state index in [1.165, 1.54) is 5.56 Å². The molecular formula is C11H14Br2.